The first-order chi connectivity index (χ1) is 8.56. The van der Waals surface area contributed by atoms with Crippen molar-refractivity contribution >= 4 is 11.6 Å². The molecule has 1 rings (SSSR count). The fourth-order valence-electron chi connectivity index (χ4n) is 2.27. The molecule has 1 aromatic carbocycles. The van der Waals surface area contributed by atoms with Crippen LogP contribution >= 0.6 is 11.6 Å². The van der Waals surface area contributed by atoms with E-state index in [0.29, 0.717) is 5.02 Å². The highest BCUT2D eigenvalue weighted by molar-refractivity contribution is 6.30. The standard InChI is InChI=1S/C15H23ClFN/c1-4-15(5-2,11-18-6-3)10-12-7-8-13(16)9-14(12)17/h7-9,18H,4-6,10-11H2,1-3H3. The lowest BCUT2D eigenvalue weighted by Gasteiger charge is -2.32. The number of nitrogens with one attached hydrogen (secondary N) is 1. The molecule has 1 nitrogen and oxygen atoms in total. The molecule has 0 atom stereocenters. The molecule has 0 aliphatic heterocycles. The van der Waals surface area contributed by atoms with Crippen molar-refractivity contribution in [3.05, 3.63) is 34.6 Å². The van der Waals surface area contributed by atoms with Crippen molar-refractivity contribution in [2.75, 3.05) is 13.1 Å². The lowest BCUT2D eigenvalue weighted by molar-refractivity contribution is 0.245. The first kappa shape index (κ1) is 15.5. The molecule has 0 bridgehead atoms. The van der Waals surface area contributed by atoms with E-state index < -0.39 is 0 Å². The highest BCUT2D eigenvalue weighted by Crippen LogP contribution is 2.31. The summed E-state index contributed by atoms with van der Waals surface area (Å²) in [6.07, 6.45) is 2.84. The van der Waals surface area contributed by atoms with Crippen LogP contribution in [0.4, 0.5) is 4.39 Å². The SMILES string of the molecule is CCNCC(CC)(CC)Cc1ccc(Cl)cc1F. The van der Waals surface area contributed by atoms with E-state index in [9.17, 15) is 4.39 Å². The van der Waals surface area contributed by atoms with E-state index >= 15 is 0 Å². The average Bonchev–Trinajstić information content (AvgIpc) is 2.37. The van der Waals surface area contributed by atoms with Gasteiger partial charge >= 0.3 is 0 Å². The minimum Gasteiger partial charge on any atom is -0.316 e. The Morgan fingerprint density at radius 2 is 1.89 bits per heavy atom. The maximum absolute atomic E-state index is 13.9. The molecule has 0 heterocycles. The molecular weight excluding hydrogens is 249 g/mol. The maximum Gasteiger partial charge on any atom is 0.127 e. The third-order valence-electron chi connectivity index (χ3n) is 3.83. The van der Waals surface area contributed by atoms with Crippen molar-refractivity contribution in [2.45, 2.75) is 40.0 Å². The van der Waals surface area contributed by atoms with Crippen molar-refractivity contribution < 1.29 is 4.39 Å². The minimum atomic E-state index is -0.190. The third-order valence-corrected chi connectivity index (χ3v) is 4.07. The second-order valence-electron chi connectivity index (χ2n) is 4.90. The summed E-state index contributed by atoms with van der Waals surface area (Å²) in [6, 6.07) is 4.98. The van der Waals surface area contributed by atoms with Crippen LogP contribution in [0, 0.1) is 11.2 Å². The third kappa shape index (κ3) is 3.96. The molecule has 0 fully saturated rings. The summed E-state index contributed by atoms with van der Waals surface area (Å²) in [5.41, 5.74) is 0.894. The largest absolute Gasteiger partial charge is 0.316 e. The maximum atomic E-state index is 13.9. The molecule has 0 radical (unpaired) electrons. The predicted octanol–water partition coefficient (Wildman–Crippen LogP) is 4.44. The van der Waals surface area contributed by atoms with Crippen LogP contribution in [0.1, 0.15) is 39.2 Å². The van der Waals surface area contributed by atoms with Gasteiger partial charge in [0, 0.05) is 11.6 Å². The number of hydrogen-bond acceptors (Lipinski definition) is 1. The van der Waals surface area contributed by atoms with Crippen molar-refractivity contribution in [2.24, 2.45) is 5.41 Å². The molecular formula is C15H23ClFN. The van der Waals surface area contributed by atoms with Crippen molar-refractivity contribution in [1.29, 1.82) is 0 Å². The van der Waals surface area contributed by atoms with E-state index in [4.69, 9.17) is 11.6 Å². The number of hydrogen-bond donors (Lipinski definition) is 1. The zero-order chi connectivity index (χ0) is 13.6. The van der Waals surface area contributed by atoms with Crippen molar-refractivity contribution in [3.8, 4) is 0 Å². The van der Waals surface area contributed by atoms with Gasteiger partial charge in [0.1, 0.15) is 5.82 Å². The van der Waals surface area contributed by atoms with Crippen molar-refractivity contribution in [1.82, 2.24) is 5.32 Å². The zero-order valence-electron chi connectivity index (χ0n) is 11.5. The lowest BCUT2D eigenvalue weighted by atomic mass is 9.76. The molecule has 0 spiro atoms. The Morgan fingerprint density at radius 3 is 2.39 bits per heavy atom. The van der Waals surface area contributed by atoms with Crippen LogP contribution in [0.25, 0.3) is 0 Å². The van der Waals surface area contributed by atoms with Gasteiger partial charge in [-0.25, -0.2) is 4.39 Å². The number of halogens is 2. The Bertz CT molecular complexity index is 375. The van der Waals surface area contributed by atoms with Crippen LogP contribution in [0.5, 0.6) is 0 Å². The topological polar surface area (TPSA) is 12.0 Å². The van der Waals surface area contributed by atoms with Gasteiger partial charge in [-0.15, -0.1) is 0 Å². The molecule has 0 aromatic heterocycles. The van der Waals surface area contributed by atoms with Gasteiger partial charge in [0.15, 0.2) is 0 Å². The van der Waals surface area contributed by atoms with Gasteiger partial charge in [-0.2, -0.15) is 0 Å². The van der Waals surface area contributed by atoms with Gasteiger partial charge in [-0.3, -0.25) is 0 Å². The van der Waals surface area contributed by atoms with Crippen molar-refractivity contribution in [3.63, 3.8) is 0 Å². The fraction of sp³-hybridized carbons (Fsp3) is 0.600. The molecule has 18 heavy (non-hydrogen) atoms. The lowest BCUT2D eigenvalue weighted by Crippen LogP contribution is -2.35. The van der Waals surface area contributed by atoms with Gasteiger partial charge in [0.25, 0.3) is 0 Å². The first-order valence-corrected chi connectivity index (χ1v) is 7.09. The summed E-state index contributed by atoms with van der Waals surface area (Å²) in [5, 5.41) is 3.85. The minimum absolute atomic E-state index is 0.130. The molecule has 0 amide bonds. The van der Waals surface area contributed by atoms with E-state index in [1.54, 1.807) is 6.07 Å². The summed E-state index contributed by atoms with van der Waals surface area (Å²) in [4.78, 5) is 0. The summed E-state index contributed by atoms with van der Waals surface area (Å²) in [6.45, 7) is 8.33. The van der Waals surface area contributed by atoms with Gasteiger partial charge in [0.2, 0.25) is 0 Å². The van der Waals surface area contributed by atoms with Gasteiger partial charge in [0.05, 0.1) is 0 Å². The van der Waals surface area contributed by atoms with Crippen LogP contribution in [-0.4, -0.2) is 13.1 Å². The van der Waals surface area contributed by atoms with Gasteiger partial charge in [-0.05, 0) is 48.9 Å². The molecule has 1 aromatic rings. The van der Waals surface area contributed by atoms with Crippen LogP contribution in [0.15, 0.2) is 18.2 Å². The second-order valence-corrected chi connectivity index (χ2v) is 5.34. The monoisotopic (exact) mass is 271 g/mol. The summed E-state index contributed by atoms with van der Waals surface area (Å²) in [7, 11) is 0. The summed E-state index contributed by atoms with van der Waals surface area (Å²) >= 11 is 5.79. The second kappa shape index (κ2) is 7.10. The van der Waals surface area contributed by atoms with Crippen LogP contribution in [-0.2, 0) is 6.42 Å². The van der Waals surface area contributed by atoms with Crippen LogP contribution in [0.2, 0.25) is 5.02 Å². The zero-order valence-corrected chi connectivity index (χ0v) is 12.3. The van der Waals surface area contributed by atoms with Crippen LogP contribution in [0.3, 0.4) is 0 Å². The first-order valence-electron chi connectivity index (χ1n) is 6.71. The van der Waals surface area contributed by atoms with E-state index in [2.05, 4.69) is 26.1 Å². The molecule has 3 heteroatoms. The van der Waals surface area contributed by atoms with Crippen LogP contribution < -0.4 is 5.32 Å². The normalized spacial score (nSPS) is 11.8. The smallest absolute Gasteiger partial charge is 0.127 e. The van der Waals surface area contributed by atoms with E-state index in [1.165, 1.54) is 6.07 Å². The molecule has 1 N–H and O–H groups in total. The average molecular weight is 272 g/mol. The quantitative estimate of drug-likeness (QED) is 0.773. The molecule has 0 saturated carbocycles. The molecule has 0 unspecified atom stereocenters. The summed E-state index contributed by atoms with van der Waals surface area (Å²) < 4.78 is 13.9. The fourth-order valence-corrected chi connectivity index (χ4v) is 2.43. The number of rotatable bonds is 7. The summed E-state index contributed by atoms with van der Waals surface area (Å²) in [5.74, 6) is -0.190. The molecule has 0 aliphatic rings. The molecule has 0 aliphatic carbocycles. The Labute approximate surface area is 115 Å². The Hall–Kier alpha value is -0.600. The number of benzene rings is 1. The van der Waals surface area contributed by atoms with Gasteiger partial charge in [-0.1, -0.05) is 38.4 Å². The molecule has 0 saturated heterocycles. The Kier molecular flexibility index (Phi) is 6.10. The predicted molar refractivity (Wildman–Crippen MR) is 76.7 cm³/mol. The molecule has 102 valence electrons. The van der Waals surface area contributed by atoms with E-state index in [-0.39, 0.29) is 11.2 Å². The van der Waals surface area contributed by atoms with E-state index in [1.807, 2.05) is 6.07 Å². The van der Waals surface area contributed by atoms with Gasteiger partial charge < -0.3 is 5.32 Å². The highest BCUT2D eigenvalue weighted by atomic mass is 35.5. The Balaban J connectivity index is 2.88. The Morgan fingerprint density at radius 1 is 1.22 bits per heavy atom. The van der Waals surface area contributed by atoms with E-state index in [0.717, 1.165) is 37.9 Å². The highest BCUT2D eigenvalue weighted by Gasteiger charge is 2.27.